The highest BCUT2D eigenvalue weighted by molar-refractivity contribution is 5.94. The van der Waals surface area contributed by atoms with Crippen LogP contribution in [0.2, 0.25) is 0 Å². The zero-order chi connectivity index (χ0) is 18.7. The van der Waals surface area contributed by atoms with Gasteiger partial charge in [0, 0.05) is 57.7 Å². The van der Waals surface area contributed by atoms with Crippen LogP contribution in [0.3, 0.4) is 0 Å². The molecule has 1 aliphatic rings. The molecule has 26 heavy (non-hydrogen) atoms. The monoisotopic (exact) mass is 356 g/mol. The van der Waals surface area contributed by atoms with Gasteiger partial charge in [-0.25, -0.2) is 4.98 Å². The van der Waals surface area contributed by atoms with E-state index in [1.54, 1.807) is 30.3 Å². The number of piperazine rings is 1. The largest absolute Gasteiger partial charge is 0.370 e. The Kier molecular flexibility index (Phi) is 5.20. The molecule has 138 valence electrons. The van der Waals surface area contributed by atoms with Crippen molar-refractivity contribution in [2.75, 3.05) is 42.9 Å². The lowest BCUT2D eigenvalue weighted by atomic mass is 10.2. The number of anilines is 2. The van der Waals surface area contributed by atoms with Crippen molar-refractivity contribution in [1.29, 1.82) is 0 Å². The molecule has 0 spiro atoms. The molecule has 0 saturated carbocycles. The van der Waals surface area contributed by atoms with Crippen LogP contribution in [0.15, 0.2) is 29.2 Å². The summed E-state index contributed by atoms with van der Waals surface area (Å²) in [6.07, 6.45) is 1.65. The Balaban J connectivity index is 1.70. The minimum atomic E-state index is -0.266. The van der Waals surface area contributed by atoms with E-state index >= 15 is 0 Å². The van der Waals surface area contributed by atoms with E-state index in [-0.39, 0.29) is 17.0 Å². The number of nitrogens with zero attached hydrogens (tertiary/aromatic N) is 5. The molecule has 2 aromatic rings. The third-order valence-corrected chi connectivity index (χ3v) is 4.40. The van der Waals surface area contributed by atoms with E-state index in [2.05, 4.69) is 20.2 Å². The van der Waals surface area contributed by atoms with Crippen molar-refractivity contribution in [3.63, 3.8) is 0 Å². The van der Waals surface area contributed by atoms with Gasteiger partial charge in [0.25, 0.3) is 11.5 Å². The molecule has 1 saturated heterocycles. The van der Waals surface area contributed by atoms with Gasteiger partial charge in [-0.05, 0) is 26.0 Å². The number of hydrogen-bond acceptors (Lipinski definition) is 6. The Morgan fingerprint density at radius 2 is 1.96 bits per heavy atom. The highest BCUT2D eigenvalue weighted by atomic mass is 16.2. The van der Waals surface area contributed by atoms with E-state index in [9.17, 15) is 9.59 Å². The molecule has 0 unspecified atom stereocenters. The maximum Gasteiger partial charge on any atom is 0.263 e. The Morgan fingerprint density at radius 3 is 2.65 bits per heavy atom. The molecule has 2 aromatic heterocycles. The number of aryl methyl sites for hydroxylation is 2. The molecule has 0 aromatic carbocycles. The van der Waals surface area contributed by atoms with Crippen LogP contribution in [-0.4, -0.2) is 58.1 Å². The van der Waals surface area contributed by atoms with Crippen LogP contribution in [0.5, 0.6) is 0 Å². The fourth-order valence-electron chi connectivity index (χ4n) is 3.01. The summed E-state index contributed by atoms with van der Waals surface area (Å²) in [6.45, 7) is 7.09. The van der Waals surface area contributed by atoms with Crippen LogP contribution >= 0.6 is 0 Å². The zero-order valence-electron chi connectivity index (χ0n) is 15.4. The minimum Gasteiger partial charge on any atom is -0.370 e. The molecule has 3 rings (SSSR count). The highest BCUT2D eigenvalue weighted by Crippen LogP contribution is 2.16. The fourth-order valence-corrected chi connectivity index (χ4v) is 3.01. The van der Waals surface area contributed by atoms with Gasteiger partial charge in [0.05, 0.1) is 0 Å². The number of rotatable bonds is 4. The average molecular weight is 356 g/mol. The van der Waals surface area contributed by atoms with Crippen LogP contribution in [0, 0.1) is 6.92 Å². The molecule has 1 fully saturated rings. The van der Waals surface area contributed by atoms with Crippen LogP contribution in [0.4, 0.5) is 11.8 Å². The zero-order valence-corrected chi connectivity index (χ0v) is 15.4. The molecular weight excluding hydrogens is 332 g/mol. The van der Waals surface area contributed by atoms with Crippen LogP contribution in [0.25, 0.3) is 0 Å². The van der Waals surface area contributed by atoms with E-state index in [1.807, 2.05) is 19.9 Å². The number of nitrogens with one attached hydrogen (secondary N) is 1. The fraction of sp³-hybridized carbons (Fsp3) is 0.444. The van der Waals surface area contributed by atoms with Crippen molar-refractivity contribution in [3.8, 4) is 0 Å². The predicted molar refractivity (Wildman–Crippen MR) is 101 cm³/mol. The van der Waals surface area contributed by atoms with E-state index < -0.39 is 0 Å². The number of carbonyl (C=O) groups excluding carboxylic acids is 1. The maximum atomic E-state index is 12.7. The molecule has 8 nitrogen and oxygen atoms in total. The SMILES string of the molecule is CCNc1cc(C)nc(N2CCN(C(=O)c3cccn(C)c3=O)CC2)n1. The number of pyridine rings is 1. The third kappa shape index (κ3) is 3.68. The Hall–Kier alpha value is -2.90. The molecule has 0 aliphatic carbocycles. The number of carbonyl (C=O) groups is 1. The Labute approximate surface area is 152 Å². The first-order chi connectivity index (χ1) is 12.5. The van der Waals surface area contributed by atoms with Gasteiger partial charge in [-0.2, -0.15) is 4.98 Å². The third-order valence-electron chi connectivity index (χ3n) is 4.40. The Morgan fingerprint density at radius 1 is 1.23 bits per heavy atom. The minimum absolute atomic E-state index is 0.213. The smallest absolute Gasteiger partial charge is 0.263 e. The van der Waals surface area contributed by atoms with Gasteiger partial charge < -0.3 is 19.7 Å². The van der Waals surface area contributed by atoms with Gasteiger partial charge in [-0.15, -0.1) is 0 Å². The van der Waals surface area contributed by atoms with Gasteiger partial charge in [-0.1, -0.05) is 0 Å². The van der Waals surface area contributed by atoms with Crippen molar-refractivity contribution < 1.29 is 4.79 Å². The standard InChI is InChI=1S/C18H24N6O2/c1-4-19-15-12-13(2)20-18(21-15)24-10-8-23(9-11-24)17(26)14-6-5-7-22(3)16(14)25/h5-7,12H,4,8-11H2,1-3H3,(H,19,20,21). The van der Waals surface area contributed by atoms with Gasteiger partial charge >= 0.3 is 0 Å². The van der Waals surface area contributed by atoms with Crippen LogP contribution in [0.1, 0.15) is 23.0 Å². The second-order valence-corrected chi connectivity index (χ2v) is 6.34. The van der Waals surface area contributed by atoms with E-state index in [1.165, 1.54) is 4.57 Å². The summed E-state index contributed by atoms with van der Waals surface area (Å²) in [5.74, 6) is 1.26. The second kappa shape index (κ2) is 7.55. The molecule has 1 aliphatic heterocycles. The summed E-state index contributed by atoms with van der Waals surface area (Å²) in [5, 5.41) is 3.21. The summed E-state index contributed by atoms with van der Waals surface area (Å²) >= 11 is 0. The molecule has 8 heteroatoms. The highest BCUT2D eigenvalue weighted by Gasteiger charge is 2.25. The van der Waals surface area contributed by atoms with Gasteiger partial charge in [-0.3, -0.25) is 9.59 Å². The van der Waals surface area contributed by atoms with Crippen LogP contribution < -0.4 is 15.8 Å². The molecule has 0 atom stereocenters. The van der Waals surface area contributed by atoms with Crippen molar-refractivity contribution in [1.82, 2.24) is 19.4 Å². The quantitative estimate of drug-likeness (QED) is 0.876. The summed E-state index contributed by atoms with van der Waals surface area (Å²) in [7, 11) is 1.65. The Bertz CT molecular complexity index is 855. The van der Waals surface area contributed by atoms with Crippen molar-refractivity contribution in [2.45, 2.75) is 13.8 Å². The summed E-state index contributed by atoms with van der Waals surface area (Å²) in [6, 6.07) is 5.22. The molecular formula is C18H24N6O2. The first kappa shape index (κ1) is 17.9. The maximum absolute atomic E-state index is 12.7. The van der Waals surface area contributed by atoms with E-state index in [0.717, 1.165) is 18.1 Å². The normalized spacial score (nSPS) is 14.4. The summed E-state index contributed by atoms with van der Waals surface area (Å²) in [4.78, 5) is 37.7. The van der Waals surface area contributed by atoms with E-state index in [0.29, 0.717) is 32.1 Å². The number of aromatic nitrogens is 3. The van der Waals surface area contributed by atoms with Crippen molar-refractivity contribution >= 4 is 17.7 Å². The first-order valence-electron chi connectivity index (χ1n) is 8.79. The summed E-state index contributed by atoms with van der Waals surface area (Å²) < 4.78 is 1.42. The molecule has 0 radical (unpaired) electrons. The lowest BCUT2D eigenvalue weighted by Crippen LogP contribution is -2.50. The van der Waals surface area contributed by atoms with Gasteiger partial charge in [0.2, 0.25) is 5.95 Å². The van der Waals surface area contributed by atoms with E-state index in [4.69, 9.17) is 0 Å². The lowest BCUT2D eigenvalue weighted by molar-refractivity contribution is 0.0744. The first-order valence-corrected chi connectivity index (χ1v) is 8.79. The second-order valence-electron chi connectivity index (χ2n) is 6.34. The van der Waals surface area contributed by atoms with Gasteiger partial charge in [0.1, 0.15) is 11.4 Å². The number of hydrogen-bond donors (Lipinski definition) is 1. The molecule has 3 heterocycles. The molecule has 0 bridgehead atoms. The van der Waals surface area contributed by atoms with Crippen LogP contribution in [-0.2, 0) is 7.05 Å². The van der Waals surface area contributed by atoms with Crippen molar-refractivity contribution in [3.05, 3.63) is 46.0 Å². The average Bonchev–Trinajstić information content (AvgIpc) is 2.63. The lowest BCUT2D eigenvalue weighted by Gasteiger charge is -2.34. The number of amides is 1. The van der Waals surface area contributed by atoms with Gasteiger partial charge in [0.15, 0.2) is 0 Å². The molecule has 1 N–H and O–H groups in total. The predicted octanol–water partition coefficient (Wildman–Crippen LogP) is 0.878. The van der Waals surface area contributed by atoms with Crippen molar-refractivity contribution in [2.24, 2.45) is 7.05 Å². The topological polar surface area (TPSA) is 83.4 Å². The molecule has 1 amide bonds. The summed E-state index contributed by atoms with van der Waals surface area (Å²) in [5.41, 5.74) is 0.846.